The molecule has 3 heteroatoms. The van der Waals surface area contributed by atoms with Crippen molar-refractivity contribution in [2.24, 2.45) is 7.05 Å². The number of aliphatic hydroxyl groups is 1. The second kappa shape index (κ2) is 5.34. The van der Waals surface area contributed by atoms with Gasteiger partial charge in [0, 0.05) is 36.8 Å². The first-order chi connectivity index (χ1) is 8.25. The van der Waals surface area contributed by atoms with E-state index in [2.05, 4.69) is 48.1 Å². The molecule has 1 aromatic carbocycles. The van der Waals surface area contributed by atoms with Crippen LogP contribution in [0.25, 0.3) is 10.9 Å². The topological polar surface area (TPSA) is 37.2 Å². The van der Waals surface area contributed by atoms with Gasteiger partial charge in [0.25, 0.3) is 0 Å². The summed E-state index contributed by atoms with van der Waals surface area (Å²) < 4.78 is 2.25. The van der Waals surface area contributed by atoms with E-state index in [1.54, 1.807) is 0 Å². The standard InChI is InChI=1S/C14H20N2O/c1-11-12-6-3-4-7-13(12)16(2)14(11)10-15-8-5-9-17/h3-4,6-7,15,17H,5,8-10H2,1-2H3. The van der Waals surface area contributed by atoms with E-state index in [-0.39, 0.29) is 6.61 Å². The summed E-state index contributed by atoms with van der Waals surface area (Å²) in [4.78, 5) is 0. The molecule has 0 fully saturated rings. The van der Waals surface area contributed by atoms with E-state index in [1.807, 2.05) is 0 Å². The number of aliphatic hydroxyl groups excluding tert-OH is 1. The Balaban J connectivity index is 2.22. The molecule has 0 saturated carbocycles. The molecule has 0 unspecified atom stereocenters. The van der Waals surface area contributed by atoms with Gasteiger partial charge in [-0.05, 0) is 31.5 Å². The minimum Gasteiger partial charge on any atom is -0.396 e. The van der Waals surface area contributed by atoms with Crippen LogP contribution in [-0.2, 0) is 13.6 Å². The molecule has 0 aliphatic rings. The van der Waals surface area contributed by atoms with Crippen LogP contribution in [0.15, 0.2) is 24.3 Å². The second-order valence-corrected chi connectivity index (χ2v) is 4.40. The van der Waals surface area contributed by atoms with Crippen LogP contribution in [0.1, 0.15) is 17.7 Å². The maximum absolute atomic E-state index is 8.74. The minimum absolute atomic E-state index is 0.251. The Kier molecular flexibility index (Phi) is 3.82. The molecule has 1 heterocycles. The third-order valence-electron chi connectivity index (χ3n) is 3.31. The number of benzene rings is 1. The molecule has 17 heavy (non-hydrogen) atoms. The lowest BCUT2D eigenvalue weighted by atomic mass is 10.1. The van der Waals surface area contributed by atoms with Gasteiger partial charge in [0.05, 0.1) is 0 Å². The highest BCUT2D eigenvalue weighted by atomic mass is 16.3. The van der Waals surface area contributed by atoms with Gasteiger partial charge < -0.3 is 15.0 Å². The zero-order chi connectivity index (χ0) is 12.3. The van der Waals surface area contributed by atoms with Crippen molar-refractivity contribution in [3.8, 4) is 0 Å². The number of rotatable bonds is 5. The zero-order valence-electron chi connectivity index (χ0n) is 10.5. The Morgan fingerprint density at radius 1 is 1.29 bits per heavy atom. The van der Waals surface area contributed by atoms with Crippen molar-refractivity contribution < 1.29 is 5.11 Å². The van der Waals surface area contributed by atoms with Crippen LogP contribution in [0.4, 0.5) is 0 Å². The Bertz CT molecular complexity index is 463. The van der Waals surface area contributed by atoms with Gasteiger partial charge in [-0.1, -0.05) is 18.2 Å². The van der Waals surface area contributed by atoms with E-state index in [1.165, 1.54) is 22.2 Å². The lowest BCUT2D eigenvalue weighted by Crippen LogP contribution is -2.18. The number of aryl methyl sites for hydroxylation is 2. The third kappa shape index (κ3) is 2.35. The number of hydrogen-bond donors (Lipinski definition) is 2. The Morgan fingerprint density at radius 3 is 2.76 bits per heavy atom. The normalized spacial score (nSPS) is 11.2. The van der Waals surface area contributed by atoms with Crippen molar-refractivity contribution in [3.05, 3.63) is 35.5 Å². The molecule has 92 valence electrons. The Hall–Kier alpha value is -1.32. The van der Waals surface area contributed by atoms with Crippen molar-refractivity contribution in [1.29, 1.82) is 0 Å². The number of nitrogens with zero attached hydrogens (tertiary/aromatic N) is 1. The Labute approximate surface area is 102 Å². The van der Waals surface area contributed by atoms with Crippen LogP contribution < -0.4 is 5.32 Å². The highest BCUT2D eigenvalue weighted by Gasteiger charge is 2.09. The van der Waals surface area contributed by atoms with Crippen molar-refractivity contribution in [2.45, 2.75) is 19.9 Å². The van der Waals surface area contributed by atoms with Gasteiger partial charge in [-0.3, -0.25) is 0 Å². The summed E-state index contributed by atoms with van der Waals surface area (Å²) in [5.74, 6) is 0. The van der Waals surface area contributed by atoms with E-state index in [0.29, 0.717) is 0 Å². The first kappa shape index (κ1) is 12.1. The molecule has 2 aromatic rings. The quantitative estimate of drug-likeness (QED) is 0.773. The molecule has 3 nitrogen and oxygen atoms in total. The first-order valence-corrected chi connectivity index (χ1v) is 6.10. The first-order valence-electron chi connectivity index (χ1n) is 6.10. The van der Waals surface area contributed by atoms with Crippen molar-refractivity contribution in [2.75, 3.05) is 13.2 Å². The van der Waals surface area contributed by atoms with Gasteiger partial charge in [0.15, 0.2) is 0 Å². The molecule has 1 aromatic heterocycles. The monoisotopic (exact) mass is 232 g/mol. The minimum atomic E-state index is 0.251. The fourth-order valence-corrected chi connectivity index (χ4v) is 2.30. The third-order valence-corrected chi connectivity index (χ3v) is 3.31. The van der Waals surface area contributed by atoms with Gasteiger partial charge in [0.2, 0.25) is 0 Å². The highest BCUT2D eigenvalue weighted by molar-refractivity contribution is 5.85. The molecule has 0 bridgehead atoms. The average Bonchev–Trinajstić information content (AvgIpc) is 2.60. The summed E-state index contributed by atoms with van der Waals surface area (Å²) in [5.41, 5.74) is 3.95. The average molecular weight is 232 g/mol. The van der Waals surface area contributed by atoms with E-state index in [0.717, 1.165) is 19.5 Å². The van der Waals surface area contributed by atoms with E-state index < -0.39 is 0 Å². The molecule has 0 aliphatic carbocycles. The Morgan fingerprint density at radius 2 is 2.06 bits per heavy atom. The molecule has 0 amide bonds. The van der Waals surface area contributed by atoms with Crippen LogP contribution in [-0.4, -0.2) is 22.8 Å². The van der Waals surface area contributed by atoms with Crippen LogP contribution >= 0.6 is 0 Å². The molecule has 0 saturated heterocycles. The second-order valence-electron chi connectivity index (χ2n) is 4.40. The number of para-hydroxylation sites is 1. The van der Waals surface area contributed by atoms with Crippen LogP contribution in [0.5, 0.6) is 0 Å². The maximum atomic E-state index is 8.74. The summed E-state index contributed by atoms with van der Waals surface area (Å²) in [6.45, 7) is 4.14. The zero-order valence-corrected chi connectivity index (χ0v) is 10.5. The summed E-state index contributed by atoms with van der Waals surface area (Å²) in [6.07, 6.45) is 0.809. The van der Waals surface area contributed by atoms with Gasteiger partial charge in [0.1, 0.15) is 0 Å². The molecular formula is C14H20N2O. The number of fused-ring (bicyclic) bond motifs is 1. The number of aromatic nitrogens is 1. The fourth-order valence-electron chi connectivity index (χ4n) is 2.30. The van der Waals surface area contributed by atoms with Gasteiger partial charge in [-0.2, -0.15) is 0 Å². The summed E-state index contributed by atoms with van der Waals surface area (Å²) in [6, 6.07) is 8.48. The van der Waals surface area contributed by atoms with Crippen LogP contribution in [0.3, 0.4) is 0 Å². The predicted octanol–water partition coefficient (Wildman–Crippen LogP) is 1.96. The highest BCUT2D eigenvalue weighted by Crippen LogP contribution is 2.24. The lowest BCUT2D eigenvalue weighted by molar-refractivity contribution is 0.286. The molecule has 0 spiro atoms. The summed E-state index contributed by atoms with van der Waals surface area (Å²) in [7, 11) is 2.11. The fraction of sp³-hybridized carbons (Fsp3) is 0.429. The summed E-state index contributed by atoms with van der Waals surface area (Å²) >= 11 is 0. The molecule has 0 radical (unpaired) electrons. The van der Waals surface area contributed by atoms with Gasteiger partial charge in [-0.25, -0.2) is 0 Å². The van der Waals surface area contributed by atoms with Gasteiger partial charge >= 0.3 is 0 Å². The van der Waals surface area contributed by atoms with E-state index >= 15 is 0 Å². The van der Waals surface area contributed by atoms with Crippen LogP contribution in [0, 0.1) is 6.92 Å². The van der Waals surface area contributed by atoms with Crippen molar-refractivity contribution in [1.82, 2.24) is 9.88 Å². The SMILES string of the molecule is Cc1c(CNCCCO)n(C)c2ccccc12. The number of nitrogens with one attached hydrogen (secondary N) is 1. The summed E-state index contributed by atoms with van der Waals surface area (Å²) in [5, 5.41) is 13.4. The van der Waals surface area contributed by atoms with Gasteiger partial charge in [-0.15, -0.1) is 0 Å². The van der Waals surface area contributed by atoms with E-state index in [4.69, 9.17) is 5.11 Å². The van der Waals surface area contributed by atoms with Crippen LogP contribution in [0.2, 0.25) is 0 Å². The maximum Gasteiger partial charge on any atom is 0.0483 e. The van der Waals surface area contributed by atoms with Crippen molar-refractivity contribution >= 4 is 10.9 Å². The smallest absolute Gasteiger partial charge is 0.0483 e. The molecular weight excluding hydrogens is 212 g/mol. The largest absolute Gasteiger partial charge is 0.396 e. The molecule has 0 aliphatic heterocycles. The lowest BCUT2D eigenvalue weighted by Gasteiger charge is -2.07. The molecule has 0 atom stereocenters. The van der Waals surface area contributed by atoms with Crippen molar-refractivity contribution in [3.63, 3.8) is 0 Å². The molecule has 2 N–H and O–H groups in total. The number of hydrogen-bond acceptors (Lipinski definition) is 2. The van der Waals surface area contributed by atoms with E-state index in [9.17, 15) is 0 Å². The molecule has 2 rings (SSSR count). The predicted molar refractivity (Wildman–Crippen MR) is 71.1 cm³/mol.